The molecule has 1 aromatic heterocycles. The van der Waals surface area contributed by atoms with Crippen LogP contribution in [0.2, 0.25) is 10.0 Å². The number of carbonyl (C=O) groups is 1. The Morgan fingerprint density at radius 2 is 2.00 bits per heavy atom. The fraction of sp³-hybridized carbons (Fsp3) is 0.267. The molecule has 6 nitrogen and oxygen atoms in total. The van der Waals surface area contributed by atoms with Gasteiger partial charge in [0.25, 0.3) is 0 Å². The van der Waals surface area contributed by atoms with Crippen LogP contribution in [0.3, 0.4) is 0 Å². The Kier molecular flexibility index (Phi) is 7.34. The summed E-state index contributed by atoms with van der Waals surface area (Å²) in [4.78, 5) is 12.1. The van der Waals surface area contributed by atoms with E-state index in [9.17, 15) is 4.79 Å². The minimum atomic E-state index is -1.91. The molecule has 1 atom stereocenters. The van der Waals surface area contributed by atoms with Crippen LogP contribution in [0, 0.1) is 0 Å². The molecule has 0 aliphatic carbocycles. The maximum absolute atomic E-state index is 12.1. The minimum Gasteiger partial charge on any atom is -0.480 e. The van der Waals surface area contributed by atoms with E-state index in [2.05, 4.69) is 0 Å². The van der Waals surface area contributed by atoms with Gasteiger partial charge in [-0.3, -0.25) is 0 Å². The van der Waals surface area contributed by atoms with Gasteiger partial charge in [-0.15, -0.1) is 0 Å². The van der Waals surface area contributed by atoms with Crippen molar-refractivity contribution in [2.24, 2.45) is 0 Å². The topological polar surface area (TPSA) is 67.1 Å². The normalized spacial score (nSPS) is 12.2. The molecule has 2 aromatic rings. The second kappa shape index (κ2) is 9.25. The number of esters is 1. The number of carbonyl (C=O) groups excluding carboxylic acids is 1. The van der Waals surface area contributed by atoms with E-state index in [1.165, 1.54) is 26.5 Å². The molecular formula is C15H16Cl2O6P+. The van der Waals surface area contributed by atoms with Gasteiger partial charge < -0.3 is 13.9 Å². The molecule has 0 aliphatic rings. The van der Waals surface area contributed by atoms with Gasteiger partial charge in [-0.25, -0.2) is 13.8 Å². The third-order valence-electron chi connectivity index (χ3n) is 2.91. The average molecular weight is 394 g/mol. The number of benzene rings is 1. The lowest BCUT2D eigenvalue weighted by Crippen LogP contribution is -2.18. The van der Waals surface area contributed by atoms with Crippen molar-refractivity contribution in [2.45, 2.75) is 5.85 Å². The summed E-state index contributed by atoms with van der Waals surface area (Å²) in [5.41, 5.74) is 0. The summed E-state index contributed by atoms with van der Waals surface area (Å²) in [6.07, 6.45) is 1.48. The number of hydrogen-bond acceptors (Lipinski definition) is 6. The van der Waals surface area contributed by atoms with Crippen molar-refractivity contribution in [3.8, 4) is 5.75 Å². The number of furan rings is 1. The molecule has 1 heterocycles. The zero-order chi connectivity index (χ0) is 17.5. The van der Waals surface area contributed by atoms with E-state index in [4.69, 9.17) is 46.1 Å². The predicted octanol–water partition coefficient (Wildman–Crippen LogP) is 4.54. The smallest absolute Gasteiger partial charge is 0.347 e. The van der Waals surface area contributed by atoms with E-state index < -0.39 is 20.2 Å². The van der Waals surface area contributed by atoms with Crippen LogP contribution in [0.5, 0.6) is 5.75 Å². The summed E-state index contributed by atoms with van der Waals surface area (Å²) in [5.74, 6) is -0.613. The number of ether oxygens (including phenoxy) is 2. The van der Waals surface area contributed by atoms with Crippen LogP contribution in [0.25, 0.3) is 0 Å². The van der Waals surface area contributed by atoms with Gasteiger partial charge in [-0.1, -0.05) is 23.2 Å². The fourth-order valence-corrected chi connectivity index (χ4v) is 3.54. The van der Waals surface area contributed by atoms with Crippen LogP contribution < -0.4 is 4.74 Å². The van der Waals surface area contributed by atoms with Gasteiger partial charge in [-0.2, -0.15) is 0 Å². The molecule has 2 rings (SSSR count). The van der Waals surface area contributed by atoms with E-state index in [0.717, 1.165) is 0 Å². The molecule has 0 saturated carbocycles. The summed E-state index contributed by atoms with van der Waals surface area (Å²) in [5, 5.41) is 0.775. The number of hydrogen-bond donors (Lipinski definition) is 0. The molecule has 0 aliphatic heterocycles. The second-order valence-electron chi connectivity index (χ2n) is 4.48. The second-order valence-corrected chi connectivity index (χ2v) is 7.30. The Bertz CT molecular complexity index is 660. The number of rotatable bonds is 8. The van der Waals surface area contributed by atoms with Gasteiger partial charge in [0, 0.05) is 5.02 Å². The van der Waals surface area contributed by atoms with Gasteiger partial charge in [0.15, 0.2) is 12.4 Å². The van der Waals surface area contributed by atoms with Crippen molar-refractivity contribution in [2.75, 3.05) is 20.8 Å². The first kappa shape index (κ1) is 19.0. The van der Waals surface area contributed by atoms with Crippen molar-refractivity contribution in [1.29, 1.82) is 0 Å². The van der Waals surface area contributed by atoms with Crippen LogP contribution >= 0.6 is 31.6 Å². The highest BCUT2D eigenvalue weighted by Gasteiger charge is 2.37. The highest BCUT2D eigenvalue weighted by atomic mass is 35.5. The van der Waals surface area contributed by atoms with Gasteiger partial charge in [0.05, 0.1) is 25.5 Å². The SMILES string of the molecule is CO[PH+](OC)C(OC(=O)COc1ccc(Cl)cc1Cl)c1ccco1. The third-order valence-corrected chi connectivity index (χ3v) is 5.07. The molecule has 1 unspecified atom stereocenters. The van der Waals surface area contributed by atoms with Gasteiger partial charge in [0.1, 0.15) is 5.75 Å². The zero-order valence-electron chi connectivity index (χ0n) is 13.0. The molecule has 0 radical (unpaired) electrons. The molecule has 0 bridgehead atoms. The van der Waals surface area contributed by atoms with Gasteiger partial charge >= 0.3 is 20.2 Å². The maximum Gasteiger partial charge on any atom is 0.347 e. The Morgan fingerprint density at radius 3 is 2.58 bits per heavy atom. The predicted molar refractivity (Wildman–Crippen MR) is 91.8 cm³/mol. The summed E-state index contributed by atoms with van der Waals surface area (Å²) in [6.45, 7) is -0.332. The quantitative estimate of drug-likeness (QED) is 0.484. The van der Waals surface area contributed by atoms with E-state index in [0.29, 0.717) is 21.6 Å². The Morgan fingerprint density at radius 1 is 1.25 bits per heavy atom. The van der Waals surface area contributed by atoms with Crippen LogP contribution in [0.15, 0.2) is 41.0 Å². The lowest BCUT2D eigenvalue weighted by Gasteiger charge is -2.15. The van der Waals surface area contributed by atoms with Gasteiger partial charge in [-0.05, 0) is 30.3 Å². The first-order chi connectivity index (χ1) is 11.5. The molecule has 130 valence electrons. The molecule has 0 saturated heterocycles. The fourth-order valence-electron chi connectivity index (χ4n) is 1.85. The Balaban J connectivity index is 2.00. The third kappa shape index (κ3) is 5.10. The standard InChI is InChI=1S/C15H15Cl2O6P/c1-19-24(20-2)15(13-4-3-7-21-13)23-14(18)9-22-12-6-5-10(16)8-11(12)17/h3-8,15H,9H2,1-2H3/p+1. The summed E-state index contributed by atoms with van der Waals surface area (Å²) < 4.78 is 26.5. The zero-order valence-corrected chi connectivity index (χ0v) is 15.5. The minimum absolute atomic E-state index is 0.302. The monoisotopic (exact) mass is 393 g/mol. The first-order valence-electron chi connectivity index (χ1n) is 6.80. The largest absolute Gasteiger partial charge is 0.480 e. The molecule has 0 N–H and O–H groups in total. The highest BCUT2D eigenvalue weighted by molar-refractivity contribution is 7.47. The lowest BCUT2D eigenvalue weighted by atomic mass is 10.3. The van der Waals surface area contributed by atoms with Crippen LogP contribution in [-0.4, -0.2) is 26.8 Å². The summed E-state index contributed by atoms with van der Waals surface area (Å²) in [7, 11) is 1.04. The Labute approximate surface area is 150 Å². The molecule has 1 aromatic carbocycles. The average Bonchev–Trinajstić information content (AvgIpc) is 3.08. The van der Waals surface area contributed by atoms with Crippen molar-refractivity contribution >= 4 is 37.5 Å². The first-order valence-corrected chi connectivity index (χ1v) is 8.95. The molecule has 0 fully saturated rings. The van der Waals surface area contributed by atoms with E-state index in [-0.39, 0.29) is 6.61 Å². The summed E-state index contributed by atoms with van der Waals surface area (Å²) >= 11 is 11.8. The maximum atomic E-state index is 12.1. The van der Waals surface area contributed by atoms with Crippen LogP contribution in [-0.2, 0) is 18.6 Å². The van der Waals surface area contributed by atoms with Crippen LogP contribution in [0.1, 0.15) is 11.6 Å². The molecule has 0 amide bonds. The van der Waals surface area contributed by atoms with E-state index in [1.807, 2.05) is 0 Å². The number of halogens is 2. The van der Waals surface area contributed by atoms with E-state index in [1.54, 1.807) is 24.3 Å². The van der Waals surface area contributed by atoms with Crippen molar-refractivity contribution in [3.05, 3.63) is 52.4 Å². The highest BCUT2D eigenvalue weighted by Crippen LogP contribution is 2.52. The molecule has 24 heavy (non-hydrogen) atoms. The molecule has 9 heteroatoms. The van der Waals surface area contributed by atoms with Crippen LogP contribution in [0.4, 0.5) is 0 Å². The van der Waals surface area contributed by atoms with E-state index >= 15 is 0 Å². The molecule has 0 spiro atoms. The van der Waals surface area contributed by atoms with Gasteiger partial charge in [0.2, 0.25) is 0 Å². The summed E-state index contributed by atoms with van der Waals surface area (Å²) in [6, 6.07) is 8.06. The van der Waals surface area contributed by atoms with Crippen molar-refractivity contribution in [3.63, 3.8) is 0 Å². The molecular weight excluding hydrogens is 378 g/mol. The van der Waals surface area contributed by atoms with Crippen molar-refractivity contribution in [1.82, 2.24) is 0 Å². The Hall–Kier alpha value is -1.30. The van der Waals surface area contributed by atoms with Crippen molar-refractivity contribution < 1.29 is 27.7 Å². The lowest BCUT2D eigenvalue weighted by molar-refractivity contribution is -0.149.